The topological polar surface area (TPSA) is 92.4 Å². The quantitative estimate of drug-likeness (QED) is 0.671. The van der Waals surface area contributed by atoms with Crippen LogP contribution in [0.2, 0.25) is 0 Å². The Labute approximate surface area is 109 Å². The molecule has 0 aromatic carbocycles. The molecular weight excluding hydrogens is 232 g/mol. The third kappa shape index (κ3) is 3.45. The van der Waals surface area contributed by atoms with Gasteiger partial charge in [0.2, 0.25) is 5.91 Å². The van der Waals surface area contributed by atoms with Crippen molar-refractivity contribution in [1.82, 2.24) is 5.32 Å². The van der Waals surface area contributed by atoms with E-state index in [1.807, 2.05) is 13.8 Å². The molecule has 0 aromatic heterocycles. The Morgan fingerprint density at radius 3 is 2.06 bits per heavy atom. The van der Waals surface area contributed by atoms with Gasteiger partial charge in [-0.05, 0) is 33.6 Å². The normalized spacial score (nSPS) is 15.9. The number of hydrogen-bond donors (Lipinski definition) is 3. The maximum atomic E-state index is 12.0. The van der Waals surface area contributed by atoms with Crippen molar-refractivity contribution in [2.45, 2.75) is 59.5 Å². The van der Waals surface area contributed by atoms with E-state index < -0.39 is 23.0 Å². The number of hydrogen-bond acceptors (Lipinski definition) is 3. The Morgan fingerprint density at radius 1 is 1.28 bits per heavy atom. The first-order valence-corrected chi connectivity index (χ1v) is 6.28. The summed E-state index contributed by atoms with van der Waals surface area (Å²) < 4.78 is 0. The molecule has 0 fully saturated rings. The SMILES string of the molecule is CCC(C)C(N)C(=O)NC(C)(C)C(C)(C)C(=O)O. The second kappa shape index (κ2) is 5.69. The first kappa shape index (κ1) is 16.9. The number of carboxylic acids is 1. The lowest BCUT2D eigenvalue weighted by atomic mass is 9.74. The second-order valence-corrected chi connectivity index (χ2v) is 5.96. The molecule has 1 amide bonds. The Bertz CT molecular complexity index is 324. The number of aliphatic carboxylic acids is 1. The molecule has 4 N–H and O–H groups in total. The number of nitrogens with one attached hydrogen (secondary N) is 1. The van der Waals surface area contributed by atoms with Gasteiger partial charge < -0.3 is 16.2 Å². The summed E-state index contributed by atoms with van der Waals surface area (Å²) in [6.45, 7) is 10.4. The molecule has 106 valence electrons. The third-order valence-corrected chi connectivity index (χ3v) is 4.09. The Balaban J connectivity index is 4.89. The van der Waals surface area contributed by atoms with E-state index in [1.165, 1.54) is 0 Å². The van der Waals surface area contributed by atoms with Gasteiger partial charge in [0.25, 0.3) is 0 Å². The summed E-state index contributed by atoms with van der Waals surface area (Å²) in [5.74, 6) is -1.19. The average molecular weight is 258 g/mol. The van der Waals surface area contributed by atoms with E-state index in [4.69, 9.17) is 5.73 Å². The van der Waals surface area contributed by atoms with Gasteiger partial charge in [-0.25, -0.2) is 0 Å². The highest BCUT2D eigenvalue weighted by molar-refractivity contribution is 5.84. The van der Waals surface area contributed by atoms with Crippen molar-refractivity contribution < 1.29 is 14.7 Å². The van der Waals surface area contributed by atoms with Crippen LogP contribution in [-0.4, -0.2) is 28.6 Å². The van der Waals surface area contributed by atoms with E-state index in [1.54, 1.807) is 27.7 Å². The van der Waals surface area contributed by atoms with E-state index in [0.29, 0.717) is 0 Å². The van der Waals surface area contributed by atoms with Crippen LogP contribution in [0.4, 0.5) is 0 Å². The molecule has 18 heavy (non-hydrogen) atoms. The summed E-state index contributed by atoms with van der Waals surface area (Å²) in [6, 6.07) is -0.612. The molecule has 2 atom stereocenters. The first-order valence-electron chi connectivity index (χ1n) is 6.28. The van der Waals surface area contributed by atoms with Crippen molar-refractivity contribution in [3.05, 3.63) is 0 Å². The lowest BCUT2D eigenvalue weighted by Crippen LogP contribution is -2.60. The predicted molar refractivity (Wildman–Crippen MR) is 71.1 cm³/mol. The van der Waals surface area contributed by atoms with Crippen LogP contribution < -0.4 is 11.1 Å². The molecule has 5 nitrogen and oxygen atoms in total. The van der Waals surface area contributed by atoms with Crippen molar-refractivity contribution in [2.24, 2.45) is 17.1 Å². The number of amides is 1. The Kier molecular flexibility index (Phi) is 5.35. The van der Waals surface area contributed by atoms with Gasteiger partial charge in [0.1, 0.15) is 0 Å². The predicted octanol–water partition coefficient (Wildman–Crippen LogP) is 1.37. The summed E-state index contributed by atoms with van der Waals surface area (Å²) in [4.78, 5) is 23.2. The molecule has 0 spiro atoms. The fraction of sp³-hybridized carbons (Fsp3) is 0.846. The van der Waals surface area contributed by atoms with E-state index >= 15 is 0 Å². The molecule has 0 aliphatic heterocycles. The highest BCUT2D eigenvalue weighted by Crippen LogP contribution is 2.30. The summed E-state index contributed by atoms with van der Waals surface area (Å²) in [6.07, 6.45) is 0.803. The Hall–Kier alpha value is -1.10. The van der Waals surface area contributed by atoms with Crippen LogP contribution in [0, 0.1) is 11.3 Å². The average Bonchev–Trinajstić information content (AvgIpc) is 2.25. The number of nitrogens with two attached hydrogens (primary N) is 1. The highest BCUT2D eigenvalue weighted by Gasteiger charge is 2.45. The van der Waals surface area contributed by atoms with Gasteiger partial charge in [-0.3, -0.25) is 9.59 Å². The summed E-state index contributed by atoms with van der Waals surface area (Å²) in [7, 11) is 0. The van der Waals surface area contributed by atoms with Gasteiger partial charge in [0.05, 0.1) is 17.0 Å². The van der Waals surface area contributed by atoms with Gasteiger partial charge in [-0.1, -0.05) is 20.3 Å². The molecule has 0 aliphatic carbocycles. The zero-order chi connectivity index (χ0) is 14.7. The molecule has 0 bridgehead atoms. The third-order valence-electron chi connectivity index (χ3n) is 4.09. The monoisotopic (exact) mass is 258 g/mol. The molecule has 0 rings (SSSR count). The fourth-order valence-corrected chi connectivity index (χ4v) is 1.33. The zero-order valence-electron chi connectivity index (χ0n) is 12.2. The standard InChI is InChI=1S/C13H26N2O3/c1-7-8(2)9(14)10(16)15-13(5,6)12(3,4)11(17)18/h8-9H,7,14H2,1-6H3,(H,15,16)(H,17,18). The smallest absolute Gasteiger partial charge is 0.311 e. The summed E-state index contributed by atoms with van der Waals surface area (Å²) in [5, 5.41) is 11.9. The van der Waals surface area contributed by atoms with E-state index in [-0.39, 0.29) is 11.8 Å². The van der Waals surface area contributed by atoms with Crippen LogP contribution in [0.1, 0.15) is 48.0 Å². The molecule has 0 heterocycles. The molecular formula is C13H26N2O3. The molecule has 0 radical (unpaired) electrons. The number of carboxylic acid groups (broad SMARTS) is 1. The first-order chi connectivity index (χ1) is 7.97. The highest BCUT2D eigenvalue weighted by atomic mass is 16.4. The number of carbonyl (C=O) groups excluding carboxylic acids is 1. The van der Waals surface area contributed by atoms with Crippen LogP contribution in [0.3, 0.4) is 0 Å². The van der Waals surface area contributed by atoms with Gasteiger partial charge >= 0.3 is 5.97 Å². The minimum Gasteiger partial charge on any atom is -0.481 e. The maximum Gasteiger partial charge on any atom is 0.311 e. The molecule has 0 aromatic rings. The largest absolute Gasteiger partial charge is 0.481 e. The molecule has 0 saturated carbocycles. The van der Waals surface area contributed by atoms with Crippen LogP contribution in [-0.2, 0) is 9.59 Å². The van der Waals surface area contributed by atoms with Crippen molar-refractivity contribution in [1.29, 1.82) is 0 Å². The van der Waals surface area contributed by atoms with Crippen LogP contribution in [0.15, 0.2) is 0 Å². The van der Waals surface area contributed by atoms with Gasteiger partial charge in [-0.2, -0.15) is 0 Å². The van der Waals surface area contributed by atoms with Gasteiger partial charge in [0, 0.05) is 0 Å². The minimum atomic E-state index is -1.07. The van der Waals surface area contributed by atoms with E-state index in [0.717, 1.165) is 6.42 Å². The van der Waals surface area contributed by atoms with Crippen molar-refractivity contribution in [2.75, 3.05) is 0 Å². The summed E-state index contributed by atoms with van der Waals surface area (Å²) >= 11 is 0. The van der Waals surface area contributed by atoms with Gasteiger partial charge in [-0.15, -0.1) is 0 Å². The molecule has 0 aliphatic rings. The second-order valence-electron chi connectivity index (χ2n) is 5.96. The summed E-state index contributed by atoms with van der Waals surface area (Å²) in [5.41, 5.74) is 3.89. The maximum absolute atomic E-state index is 12.0. The van der Waals surface area contributed by atoms with Crippen molar-refractivity contribution in [3.63, 3.8) is 0 Å². The van der Waals surface area contributed by atoms with Crippen molar-refractivity contribution >= 4 is 11.9 Å². The van der Waals surface area contributed by atoms with Crippen LogP contribution >= 0.6 is 0 Å². The minimum absolute atomic E-state index is 0.0636. The van der Waals surface area contributed by atoms with E-state index in [2.05, 4.69) is 5.32 Å². The lowest BCUT2D eigenvalue weighted by Gasteiger charge is -2.39. The molecule has 2 unspecified atom stereocenters. The number of carbonyl (C=O) groups is 2. The fourth-order valence-electron chi connectivity index (χ4n) is 1.33. The lowest BCUT2D eigenvalue weighted by molar-refractivity contribution is -0.152. The van der Waals surface area contributed by atoms with Crippen LogP contribution in [0.25, 0.3) is 0 Å². The zero-order valence-corrected chi connectivity index (χ0v) is 12.2. The molecule has 0 saturated heterocycles. The molecule has 5 heteroatoms. The Morgan fingerprint density at radius 2 is 1.72 bits per heavy atom. The van der Waals surface area contributed by atoms with Crippen LogP contribution in [0.5, 0.6) is 0 Å². The number of rotatable bonds is 6. The van der Waals surface area contributed by atoms with E-state index in [9.17, 15) is 14.7 Å². The van der Waals surface area contributed by atoms with Gasteiger partial charge in [0.15, 0.2) is 0 Å². The van der Waals surface area contributed by atoms with Crippen molar-refractivity contribution in [3.8, 4) is 0 Å².